The molecule has 2 rings (SSSR count). The second-order valence-electron chi connectivity index (χ2n) is 4.76. The first-order valence-electron chi connectivity index (χ1n) is 6.16. The largest absolute Gasteiger partial charge is 0.397 e. The van der Waals surface area contributed by atoms with Gasteiger partial charge in [-0.1, -0.05) is 0 Å². The Morgan fingerprint density at radius 3 is 2.78 bits per heavy atom. The average molecular weight is 268 g/mol. The Bertz CT molecular complexity index is 424. The number of nitrogens with one attached hydrogen (secondary N) is 2. The minimum atomic E-state index is -0.0316. The number of anilines is 2. The summed E-state index contributed by atoms with van der Waals surface area (Å²) < 4.78 is 0. The SMILES string of the molecule is CN(C)C(=O)c1sc(NC2CCNCC2)cc1N. The van der Waals surface area contributed by atoms with E-state index in [1.54, 1.807) is 19.0 Å². The number of nitrogens with two attached hydrogens (primary N) is 1. The fourth-order valence-corrected chi connectivity index (χ4v) is 3.09. The van der Waals surface area contributed by atoms with Gasteiger partial charge in [0, 0.05) is 20.1 Å². The van der Waals surface area contributed by atoms with E-state index in [0.717, 1.165) is 30.9 Å². The maximum absolute atomic E-state index is 11.9. The minimum Gasteiger partial charge on any atom is -0.397 e. The van der Waals surface area contributed by atoms with E-state index < -0.39 is 0 Å². The molecule has 1 fully saturated rings. The lowest BCUT2D eigenvalue weighted by molar-refractivity contribution is 0.0833. The Labute approximate surface area is 111 Å². The van der Waals surface area contributed by atoms with Crippen molar-refractivity contribution in [1.29, 1.82) is 0 Å². The molecule has 1 aliphatic heterocycles. The van der Waals surface area contributed by atoms with Crippen LogP contribution >= 0.6 is 11.3 Å². The highest BCUT2D eigenvalue weighted by Crippen LogP contribution is 2.31. The molecule has 1 saturated heterocycles. The highest BCUT2D eigenvalue weighted by atomic mass is 32.1. The first-order chi connectivity index (χ1) is 8.58. The first kappa shape index (κ1) is 13.2. The predicted molar refractivity (Wildman–Crippen MR) is 76.3 cm³/mol. The summed E-state index contributed by atoms with van der Waals surface area (Å²) in [5, 5.41) is 7.78. The third kappa shape index (κ3) is 2.94. The number of thiophene rings is 1. The molecule has 0 spiro atoms. The lowest BCUT2D eigenvalue weighted by Crippen LogP contribution is -2.35. The third-order valence-electron chi connectivity index (χ3n) is 3.05. The molecular weight excluding hydrogens is 248 g/mol. The third-order valence-corrected chi connectivity index (χ3v) is 4.12. The van der Waals surface area contributed by atoms with Crippen molar-refractivity contribution in [3.05, 3.63) is 10.9 Å². The van der Waals surface area contributed by atoms with E-state index in [0.29, 0.717) is 16.6 Å². The summed E-state index contributed by atoms with van der Waals surface area (Å²) in [7, 11) is 3.48. The number of carbonyl (C=O) groups is 1. The Kier molecular flexibility index (Phi) is 4.08. The van der Waals surface area contributed by atoms with Crippen molar-refractivity contribution in [3.8, 4) is 0 Å². The molecule has 2 heterocycles. The van der Waals surface area contributed by atoms with Crippen LogP contribution in [0.4, 0.5) is 10.7 Å². The maximum atomic E-state index is 11.9. The molecule has 0 bridgehead atoms. The van der Waals surface area contributed by atoms with Gasteiger partial charge in [0.05, 0.1) is 10.7 Å². The molecule has 1 aromatic heterocycles. The Hall–Kier alpha value is -1.27. The van der Waals surface area contributed by atoms with E-state index in [-0.39, 0.29) is 5.91 Å². The molecule has 6 heteroatoms. The van der Waals surface area contributed by atoms with Gasteiger partial charge in [-0.25, -0.2) is 0 Å². The van der Waals surface area contributed by atoms with Crippen LogP contribution in [0.5, 0.6) is 0 Å². The topological polar surface area (TPSA) is 70.4 Å². The van der Waals surface area contributed by atoms with Crippen LogP contribution in [0.1, 0.15) is 22.5 Å². The predicted octanol–water partition coefficient (Wildman–Crippen LogP) is 1.20. The highest BCUT2D eigenvalue weighted by molar-refractivity contribution is 7.18. The fraction of sp³-hybridized carbons (Fsp3) is 0.583. The van der Waals surface area contributed by atoms with Gasteiger partial charge in [-0.2, -0.15) is 0 Å². The zero-order valence-corrected chi connectivity index (χ0v) is 11.6. The molecule has 1 amide bonds. The summed E-state index contributed by atoms with van der Waals surface area (Å²) in [5.74, 6) is -0.0316. The van der Waals surface area contributed by atoms with Gasteiger partial charge in [0.1, 0.15) is 4.88 Å². The molecule has 4 N–H and O–H groups in total. The molecule has 1 aromatic rings. The Balaban J connectivity index is 2.06. The summed E-state index contributed by atoms with van der Waals surface area (Å²) in [6.07, 6.45) is 2.21. The molecule has 0 radical (unpaired) electrons. The van der Waals surface area contributed by atoms with Gasteiger partial charge in [-0.3, -0.25) is 4.79 Å². The van der Waals surface area contributed by atoms with Crippen LogP contribution < -0.4 is 16.4 Å². The first-order valence-corrected chi connectivity index (χ1v) is 6.98. The summed E-state index contributed by atoms with van der Waals surface area (Å²) in [6, 6.07) is 2.34. The number of rotatable bonds is 3. The average Bonchev–Trinajstić information content (AvgIpc) is 2.70. The van der Waals surface area contributed by atoms with E-state index in [1.165, 1.54) is 11.3 Å². The summed E-state index contributed by atoms with van der Waals surface area (Å²) in [4.78, 5) is 14.1. The van der Waals surface area contributed by atoms with Gasteiger partial charge in [0.25, 0.3) is 5.91 Å². The van der Waals surface area contributed by atoms with Gasteiger partial charge in [-0.15, -0.1) is 11.3 Å². The number of carbonyl (C=O) groups excluding carboxylic acids is 1. The monoisotopic (exact) mass is 268 g/mol. The van der Waals surface area contributed by atoms with Crippen molar-refractivity contribution in [2.45, 2.75) is 18.9 Å². The standard InChI is InChI=1S/C12H20N4OS/c1-16(2)12(17)11-9(13)7-10(18-11)15-8-3-5-14-6-4-8/h7-8,14-15H,3-6,13H2,1-2H3. The van der Waals surface area contributed by atoms with Crippen LogP contribution in [-0.2, 0) is 0 Å². The summed E-state index contributed by atoms with van der Waals surface area (Å²) in [6.45, 7) is 2.09. The molecule has 1 aliphatic rings. The smallest absolute Gasteiger partial charge is 0.265 e. The van der Waals surface area contributed by atoms with Gasteiger partial charge in [-0.05, 0) is 32.0 Å². The number of hydrogen-bond donors (Lipinski definition) is 3. The zero-order valence-electron chi connectivity index (χ0n) is 10.8. The van der Waals surface area contributed by atoms with Gasteiger partial charge >= 0.3 is 0 Å². The lowest BCUT2D eigenvalue weighted by Gasteiger charge is -2.23. The van der Waals surface area contributed by atoms with E-state index in [1.807, 2.05) is 6.07 Å². The van der Waals surface area contributed by atoms with Crippen LogP contribution in [0.3, 0.4) is 0 Å². The van der Waals surface area contributed by atoms with Crippen molar-refractivity contribution in [1.82, 2.24) is 10.2 Å². The molecule has 18 heavy (non-hydrogen) atoms. The van der Waals surface area contributed by atoms with Crippen molar-refractivity contribution < 1.29 is 4.79 Å². The number of piperidine rings is 1. The van der Waals surface area contributed by atoms with Crippen molar-refractivity contribution in [2.75, 3.05) is 38.2 Å². The van der Waals surface area contributed by atoms with Crippen LogP contribution in [-0.4, -0.2) is 44.0 Å². The molecule has 0 unspecified atom stereocenters. The second kappa shape index (κ2) is 5.58. The molecule has 0 saturated carbocycles. The number of nitrogen functional groups attached to an aromatic ring is 1. The van der Waals surface area contributed by atoms with Crippen molar-refractivity contribution in [2.24, 2.45) is 0 Å². The van der Waals surface area contributed by atoms with Crippen LogP contribution in [0, 0.1) is 0 Å². The van der Waals surface area contributed by atoms with Crippen LogP contribution in [0.2, 0.25) is 0 Å². The normalized spacial score (nSPS) is 16.6. The summed E-state index contributed by atoms with van der Waals surface area (Å²) in [5.41, 5.74) is 6.46. The highest BCUT2D eigenvalue weighted by Gasteiger charge is 2.18. The fourth-order valence-electron chi connectivity index (χ4n) is 2.01. The zero-order chi connectivity index (χ0) is 13.1. The number of nitrogens with zero attached hydrogens (tertiary/aromatic N) is 1. The van der Waals surface area contributed by atoms with Crippen LogP contribution in [0.15, 0.2) is 6.07 Å². The number of amides is 1. The van der Waals surface area contributed by atoms with E-state index in [9.17, 15) is 4.79 Å². The van der Waals surface area contributed by atoms with Gasteiger partial charge in [0.15, 0.2) is 0 Å². The molecule has 0 atom stereocenters. The summed E-state index contributed by atoms with van der Waals surface area (Å²) >= 11 is 1.44. The molecule has 100 valence electrons. The van der Waals surface area contributed by atoms with Crippen molar-refractivity contribution in [3.63, 3.8) is 0 Å². The lowest BCUT2D eigenvalue weighted by atomic mass is 10.1. The van der Waals surface area contributed by atoms with E-state index in [4.69, 9.17) is 5.73 Å². The quantitative estimate of drug-likeness (QED) is 0.770. The molecule has 5 nitrogen and oxygen atoms in total. The molecular formula is C12H20N4OS. The molecule has 0 aliphatic carbocycles. The van der Waals surface area contributed by atoms with Gasteiger partial charge in [0.2, 0.25) is 0 Å². The Morgan fingerprint density at radius 1 is 1.50 bits per heavy atom. The maximum Gasteiger partial charge on any atom is 0.265 e. The molecule has 0 aromatic carbocycles. The minimum absolute atomic E-state index is 0.0316. The van der Waals surface area contributed by atoms with E-state index in [2.05, 4.69) is 10.6 Å². The van der Waals surface area contributed by atoms with Crippen LogP contribution in [0.25, 0.3) is 0 Å². The Morgan fingerprint density at radius 2 is 2.17 bits per heavy atom. The number of hydrogen-bond acceptors (Lipinski definition) is 5. The second-order valence-corrected chi connectivity index (χ2v) is 5.82. The van der Waals surface area contributed by atoms with Crippen molar-refractivity contribution >= 4 is 27.9 Å². The van der Waals surface area contributed by atoms with Gasteiger partial charge < -0.3 is 21.3 Å². The van der Waals surface area contributed by atoms with E-state index >= 15 is 0 Å².